The van der Waals surface area contributed by atoms with Gasteiger partial charge in [-0.25, -0.2) is 4.98 Å². The van der Waals surface area contributed by atoms with Crippen molar-refractivity contribution in [1.29, 1.82) is 0 Å². The molecular formula is C21H27N5O2. The molecule has 7 nitrogen and oxygen atoms in total. The average Bonchev–Trinajstić information content (AvgIpc) is 3.02. The lowest BCUT2D eigenvalue weighted by Crippen LogP contribution is -2.24. The van der Waals surface area contributed by atoms with Crippen molar-refractivity contribution in [2.45, 2.75) is 52.5 Å². The molecule has 2 heterocycles. The molecule has 7 heteroatoms. The molecule has 0 spiro atoms. The van der Waals surface area contributed by atoms with Crippen molar-refractivity contribution >= 4 is 22.6 Å². The molecule has 0 aliphatic heterocycles. The highest BCUT2D eigenvalue weighted by molar-refractivity contribution is 5.92. The molecule has 0 radical (unpaired) electrons. The number of amides is 1. The van der Waals surface area contributed by atoms with Crippen molar-refractivity contribution in [3.63, 3.8) is 0 Å². The maximum absolute atomic E-state index is 12.7. The largest absolute Gasteiger partial charge is 0.326 e. The van der Waals surface area contributed by atoms with E-state index in [9.17, 15) is 9.59 Å². The lowest BCUT2D eigenvalue weighted by atomic mass is 9.92. The number of nitrogens with zero attached hydrogens (tertiary/aromatic N) is 4. The van der Waals surface area contributed by atoms with E-state index in [-0.39, 0.29) is 24.4 Å². The van der Waals surface area contributed by atoms with Crippen molar-refractivity contribution in [1.82, 2.24) is 19.3 Å². The Hall–Kier alpha value is -2.96. The number of anilines is 1. The number of carbonyl (C=O) groups excluding carboxylic acids is 1. The third-order valence-corrected chi connectivity index (χ3v) is 4.94. The Morgan fingerprint density at radius 2 is 1.79 bits per heavy atom. The van der Waals surface area contributed by atoms with Gasteiger partial charge in [-0.3, -0.25) is 18.8 Å². The standard InChI is InChI=1S/C21H27N5O2/c1-13(2)15-7-6-8-16(14(3)4)19(15)24-18(27)9-10-26-12-22-20-17(21(26)28)11-23-25(20)5/h6-8,11-14H,9-10H2,1-5H3,(H,24,27). The number of carbonyl (C=O) groups is 1. The van der Waals surface area contributed by atoms with Gasteiger partial charge in [-0.05, 0) is 23.0 Å². The highest BCUT2D eigenvalue weighted by Crippen LogP contribution is 2.32. The van der Waals surface area contributed by atoms with Crippen LogP contribution in [0, 0.1) is 0 Å². The first-order valence-corrected chi connectivity index (χ1v) is 9.59. The Bertz CT molecular complexity index is 1040. The molecule has 1 amide bonds. The van der Waals surface area contributed by atoms with Gasteiger partial charge in [0, 0.05) is 25.7 Å². The van der Waals surface area contributed by atoms with E-state index < -0.39 is 0 Å². The first-order valence-electron chi connectivity index (χ1n) is 9.59. The summed E-state index contributed by atoms with van der Waals surface area (Å²) >= 11 is 0. The fourth-order valence-electron chi connectivity index (χ4n) is 3.35. The number of aromatic nitrogens is 4. The highest BCUT2D eigenvalue weighted by Gasteiger charge is 2.16. The van der Waals surface area contributed by atoms with Gasteiger partial charge >= 0.3 is 0 Å². The Labute approximate surface area is 164 Å². The van der Waals surface area contributed by atoms with Gasteiger partial charge in [0.05, 0.1) is 12.5 Å². The van der Waals surface area contributed by atoms with Crippen molar-refractivity contribution in [3.05, 3.63) is 52.2 Å². The summed E-state index contributed by atoms with van der Waals surface area (Å²) in [5.41, 5.74) is 3.49. The van der Waals surface area contributed by atoms with Crippen LogP contribution < -0.4 is 10.9 Å². The predicted molar refractivity (Wildman–Crippen MR) is 111 cm³/mol. The molecule has 0 unspecified atom stereocenters. The van der Waals surface area contributed by atoms with E-state index in [1.54, 1.807) is 11.7 Å². The van der Waals surface area contributed by atoms with Gasteiger partial charge in [0.25, 0.3) is 5.56 Å². The summed E-state index contributed by atoms with van der Waals surface area (Å²) in [4.78, 5) is 29.5. The van der Waals surface area contributed by atoms with Gasteiger partial charge in [-0.15, -0.1) is 0 Å². The zero-order valence-corrected chi connectivity index (χ0v) is 17.1. The number of hydrogen-bond acceptors (Lipinski definition) is 4. The van der Waals surface area contributed by atoms with Crippen LogP contribution in [0.3, 0.4) is 0 Å². The van der Waals surface area contributed by atoms with E-state index in [4.69, 9.17) is 0 Å². The van der Waals surface area contributed by atoms with Gasteiger partial charge in [0.1, 0.15) is 5.39 Å². The Kier molecular flexibility index (Phi) is 5.63. The fourth-order valence-corrected chi connectivity index (χ4v) is 3.35. The molecule has 0 bridgehead atoms. The first-order chi connectivity index (χ1) is 13.3. The fraction of sp³-hybridized carbons (Fsp3) is 0.429. The summed E-state index contributed by atoms with van der Waals surface area (Å²) in [7, 11) is 1.74. The minimum atomic E-state index is -0.184. The van der Waals surface area contributed by atoms with Gasteiger partial charge in [-0.2, -0.15) is 5.10 Å². The topological polar surface area (TPSA) is 81.8 Å². The van der Waals surface area contributed by atoms with Crippen LogP contribution in [0.2, 0.25) is 0 Å². The second-order valence-electron chi connectivity index (χ2n) is 7.67. The first kappa shape index (κ1) is 19.8. The Balaban J connectivity index is 1.79. The lowest BCUT2D eigenvalue weighted by Gasteiger charge is -2.20. The van der Waals surface area contributed by atoms with Crippen LogP contribution in [0.4, 0.5) is 5.69 Å². The number of nitrogens with one attached hydrogen (secondary N) is 1. The van der Waals surface area contributed by atoms with Gasteiger partial charge < -0.3 is 5.32 Å². The number of benzene rings is 1. The summed E-state index contributed by atoms with van der Waals surface area (Å²) in [6, 6.07) is 6.14. The third kappa shape index (κ3) is 3.83. The van der Waals surface area contributed by atoms with Crippen LogP contribution in [-0.2, 0) is 18.4 Å². The van der Waals surface area contributed by atoms with E-state index in [0.717, 1.165) is 16.8 Å². The Morgan fingerprint density at radius 1 is 1.14 bits per heavy atom. The molecule has 0 saturated carbocycles. The highest BCUT2D eigenvalue weighted by atomic mass is 16.2. The van der Waals surface area contributed by atoms with E-state index >= 15 is 0 Å². The van der Waals surface area contributed by atoms with Crippen LogP contribution in [-0.4, -0.2) is 25.2 Å². The zero-order valence-electron chi connectivity index (χ0n) is 17.1. The quantitative estimate of drug-likeness (QED) is 0.709. The number of aryl methyl sites for hydroxylation is 2. The van der Waals surface area contributed by atoms with Gasteiger partial charge in [0.15, 0.2) is 5.65 Å². The van der Waals surface area contributed by atoms with E-state index in [2.05, 4.69) is 55.2 Å². The van der Waals surface area contributed by atoms with Crippen molar-refractivity contribution in [2.75, 3.05) is 5.32 Å². The SMILES string of the molecule is CC(C)c1cccc(C(C)C)c1NC(=O)CCn1cnc2c(cnn2C)c1=O. The maximum Gasteiger partial charge on any atom is 0.264 e. The molecule has 1 aromatic carbocycles. The molecule has 28 heavy (non-hydrogen) atoms. The third-order valence-electron chi connectivity index (χ3n) is 4.94. The van der Waals surface area contributed by atoms with Crippen molar-refractivity contribution < 1.29 is 4.79 Å². The van der Waals surface area contributed by atoms with E-state index in [1.165, 1.54) is 17.1 Å². The second-order valence-corrected chi connectivity index (χ2v) is 7.67. The smallest absolute Gasteiger partial charge is 0.264 e. The number of para-hydroxylation sites is 1. The predicted octanol–water partition coefficient (Wildman–Crippen LogP) is 3.41. The van der Waals surface area contributed by atoms with Gasteiger partial charge in [-0.1, -0.05) is 45.9 Å². The van der Waals surface area contributed by atoms with Crippen LogP contribution in [0.15, 0.2) is 35.5 Å². The summed E-state index contributed by atoms with van der Waals surface area (Å²) < 4.78 is 3.02. The molecule has 3 rings (SSSR count). The number of hydrogen-bond donors (Lipinski definition) is 1. The van der Waals surface area contributed by atoms with Crippen molar-refractivity contribution in [2.24, 2.45) is 7.05 Å². The lowest BCUT2D eigenvalue weighted by molar-refractivity contribution is -0.116. The summed E-state index contributed by atoms with van der Waals surface area (Å²) in [6.07, 6.45) is 3.17. The van der Waals surface area contributed by atoms with E-state index in [0.29, 0.717) is 22.9 Å². The molecule has 0 fully saturated rings. The molecular weight excluding hydrogens is 354 g/mol. The zero-order chi connectivity index (χ0) is 20.4. The normalized spacial score (nSPS) is 11.5. The molecule has 148 valence electrons. The van der Waals surface area contributed by atoms with Crippen LogP contribution >= 0.6 is 0 Å². The van der Waals surface area contributed by atoms with Gasteiger partial charge in [0.2, 0.25) is 5.91 Å². The van der Waals surface area contributed by atoms with Crippen LogP contribution in [0.5, 0.6) is 0 Å². The average molecular weight is 381 g/mol. The summed E-state index contributed by atoms with van der Waals surface area (Å²) in [5, 5.41) is 7.60. The van der Waals surface area contributed by atoms with Crippen molar-refractivity contribution in [3.8, 4) is 0 Å². The Morgan fingerprint density at radius 3 is 2.39 bits per heavy atom. The number of rotatable bonds is 6. The minimum absolute atomic E-state index is 0.117. The molecule has 2 aromatic heterocycles. The molecule has 1 N–H and O–H groups in total. The molecule has 0 aliphatic carbocycles. The summed E-state index contributed by atoms with van der Waals surface area (Å²) in [5.74, 6) is 0.482. The molecule has 3 aromatic rings. The molecule has 0 saturated heterocycles. The molecule has 0 aliphatic rings. The maximum atomic E-state index is 12.7. The second kappa shape index (κ2) is 7.96. The van der Waals surface area contributed by atoms with Crippen LogP contribution in [0.1, 0.15) is 57.1 Å². The minimum Gasteiger partial charge on any atom is -0.326 e. The van der Waals surface area contributed by atoms with Crippen LogP contribution in [0.25, 0.3) is 11.0 Å². The monoisotopic (exact) mass is 381 g/mol. The molecule has 0 atom stereocenters. The van der Waals surface area contributed by atoms with E-state index in [1.807, 2.05) is 6.07 Å². The summed E-state index contributed by atoms with van der Waals surface area (Å²) in [6.45, 7) is 8.73. The number of fused-ring (bicyclic) bond motifs is 1.